The van der Waals surface area contributed by atoms with E-state index in [1.807, 2.05) is 0 Å². The van der Waals surface area contributed by atoms with Gasteiger partial charge in [0.05, 0.1) is 0 Å². The van der Waals surface area contributed by atoms with E-state index in [1.165, 1.54) is 0 Å². The first kappa shape index (κ1) is 75.8. The first-order valence-electron chi connectivity index (χ1n) is 0. The summed E-state index contributed by atoms with van der Waals surface area (Å²) in [4.78, 5) is 0. The molecular formula is H6Al2F2Mg. The zero-order valence-electron chi connectivity index (χ0n) is 1.46. The molecule has 0 saturated carbocycles. The van der Waals surface area contributed by atoms with E-state index in [-0.39, 0.29) is 67.2 Å². The van der Waals surface area contributed by atoms with E-state index in [2.05, 4.69) is 0 Å². The maximum absolute atomic E-state index is 0. The smallest absolute Gasteiger partial charge is 1.00 e. The molecule has 0 spiro atoms. The predicted molar refractivity (Wildman–Crippen MR) is 25.6 cm³/mol. The number of hydrogen-bond donors (Lipinski definition) is 0. The van der Waals surface area contributed by atoms with Crippen LogP contribution in [0.25, 0.3) is 0 Å². The molecule has 5 heteroatoms. The van der Waals surface area contributed by atoms with Gasteiger partial charge in [-0.25, -0.2) is 0 Å². The van der Waals surface area contributed by atoms with Crippen LogP contribution < -0.4 is 9.41 Å². The number of rotatable bonds is 0. The summed E-state index contributed by atoms with van der Waals surface area (Å²) >= 11 is 0. The average Bonchev–Trinajstić information content (AvgIpc) is 0. The van der Waals surface area contributed by atoms with Crippen molar-refractivity contribution in [1.29, 1.82) is 0 Å². The molecule has 0 saturated heterocycles. The average molecular weight is 122 g/mol. The molecule has 0 nitrogen and oxygen atoms in total. The first-order chi connectivity index (χ1) is 0. The quantitative estimate of drug-likeness (QED) is 0.280. The van der Waals surface area contributed by atoms with Gasteiger partial charge < -0.3 is 9.41 Å². The molecule has 0 heterocycles. The summed E-state index contributed by atoms with van der Waals surface area (Å²) in [5.41, 5.74) is 0. The number of halogens is 2. The van der Waals surface area contributed by atoms with Crippen molar-refractivity contribution < 1.29 is 9.41 Å². The molecule has 0 aliphatic rings. The molecule has 0 N–H and O–H groups in total. The molecule has 0 bridgehead atoms. The summed E-state index contributed by atoms with van der Waals surface area (Å²) in [5.74, 6) is 0. The minimum atomic E-state index is 0. The van der Waals surface area contributed by atoms with Gasteiger partial charge in [-0.05, 0) is 0 Å². The molecule has 0 aromatic heterocycles. The first-order valence-corrected chi connectivity index (χ1v) is 0. The van der Waals surface area contributed by atoms with Crippen LogP contribution in [-0.4, -0.2) is 57.8 Å². The Morgan fingerprint density at radius 3 is 0.600 bits per heavy atom. The molecule has 28 valence electrons. The van der Waals surface area contributed by atoms with Crippen LogP contribution in [-0.2, 0) is 0 Å². The summed E-state index contributed by atoms with van der Waals surface area (Å²) in [5, 5.41) is 0. The molecule has 0 aliphatic heterocycles. The van der Waals surface area contributed by atoms with E-state index in [9.17, 15) is 0 Å². The minimum Gasteiger partial charge on any atom is -1.00 e. The zero-order chi connectivity index (χ0) is 0. The van der Waals surface area contributed by atoms with E-state index in [1.54, 1.807) is 0 Å². The maximum atomic E-state index is 0. The normalized spacial score (nSPS) is 0. The van der Waals surface area contributed by atoms with Crippen molar-refractivity contribution >= 4 is 57.8 Å². The second kappa shape index (κ2) is 43.8. The molecule has 0 unspecified atom stereocenters. The van der Waals surface area contributed by atoms with E-state index in [4.69, 9.17) is 0 Å². The standard InChI is InChI=1S/2Al.2FH.Mg.6H/h;;2*1H;;;;;;;/q;;;;+2;;;;;;/p-2. The Morgan fingerprint density at radius 2 is 0.600 bits per heavy atom. The van der Waals surface area contributed by atoms with E-state index < -0.39 is 0 Å². The second-order valence-corrected chi connectivity index (χ2v) is 0. The van der Waals surface area contributed by atoms with Crippen LogP contribution in [0.3, 0.4) is 0 Å². The molecule has 0 radical (unpaired) electrons. The fraction of sp³-hybridized carbons (Fsp3) is 0. The fourth-order valence-electron chi connectivity index (χ4n) is 0. The third-order valence-electron chi connectivity index (χ3n) is 0. The van der Waals surface area contributed by atoms with Gasteiger partial charge in [0.2, 0.25) is 0 Å². The van der Waals surface area contributed by atoms with E-state index in [0.717, 1.165) is 0 Å². The Bertz CT molecular complexity index is 7.61. The summed E-state index contributed by atoms with van der Waals surface area (Å²) in [7, 11) is 0. The summed E-state index contributed by atoms with van der Waals surface area (Å²) in [6, 6.07) is 0. The van der Waals surface area contributed by atoms with Crippen LogP contribution in [0.15, 0.2) is 0 Å². The van der Waals surface area contributed by atoms with Crippen molar-refractivity contribution in [2.24, 2.45) is 0 Å². The topological polar surface area (TPSA) is 0 Å². The SMILES string of the molecule is [AlH3].[AlH3].[F-].[F-].[Mg+2]. The van der Waals surface area contributed by atoms with Gasteiger partial charge in [-0.15, -0.1) is 0 Å². The molecule has 0 amide bonds. The van der Waals surface area contributed by atoms with Gasteiger partial charge in [-0.3, -0.25) is 0 Å². The van der Waals surface area contributed by atoms with E-state index >= 15 is 0 Å². The largest absolute Gasteiger partial charge is 2.00 e. The van der Waals surface area contributed by atoms with Crippen molar-refractivity contribution in [2.45, 2.75) is 0 Å². The maximum Gasteiger partial charge on any atom is 2.00 e. The van der Waals surface area contributed by atoms with Crippen molar-refractivity contribution in [3.63, 3.8) is 0 Å². The van der Waals surface area contributed by atoms with Gasteiger partial charge in [0, 0.05) is 0 Å². The Hall–Kier alpha value is 1.69. The predicted octanol–water partition coefficient (Wildman–Crippen LogP) is -8.74. The Balaban J connectivity index is 0. The van der Waals surface area contributed by atoms with Gasteiger partial charge in [-0.2, -0.15) is 0 Å². The molecular weight excluding hydrogens is 116 g/mol. The van der Waals surface area contributed by atoms with Crippen molar-refractivity contribution in [2.75, 3.05) is 0 Å². The van der Waals surface area contributed by atoms with Crippen LogP contribution in [0.1, 0.15) is 0 Å². The summed E-state index contributed by atoms with van der Waals surface area (Å²) < 4.78 is 0. The van der Waals surface area contributed by atoms with Gasteiger partial charge in [0.25, 0.3) is 0 Å². The molecule has 0 atom stereocenters. The second-order valence-electron chi connectivity index (χ2n) is 0. The molecule has 0 fully saturated rings. The molecule has 0 aromatic carbocycles. The van der Waals surface area contributed by atoms with E-state index in [0.29, 0.717) is 0 Å². The number of hydrogen-bond acceptors (Lipinski definition) is 0. The van der Waals surface area contributed by atoms with Crippen molar-refractivity contribution in [1.82, 2.24) is 0 Å². The molecule has 5 heavy (non-hydrogen) atoms. The van der Waals surface area contributed by atoms with Crippen molar-refractivity contribution in [3.8, 4) is 0 Å². The van der Waals surface area contributed by atoms with Gasteiger partial charge in [0.1, 0.15) is 0 Å². The van der Waals surface area contributed by atoms with Crippen molar-refractivity contribution in [3.05, 3.63) is 0 Å². The van der Waals surface area contributed by atoms with Gasteiger partial charge in [-0.1, -0.05) is 0 Å². The zero-order valence-corrected chi connectivity index (χ0v) is 2.88. The molecule has 0 aliphatic carbocycles. The third kappa shape index (κ3) is 27.1. The van der Waals surface area contributed by atoms with Gasteiger partial charge in [0.15, 0.2) is 34.7 Å². The molecule has 0 aromatic rings. The fourth-order valence-corrected chi connectivity index (χ4v) is 0. The van der Waals surface area contributed by atoms with Gasteiger partial charge >= 0.3 is 23.1 Å². The Morgan fingerprint density at radius 1 is 0.600 bits per heavy atom. The van der Waals surface area contributed by atoms with Crippen LogP contribution in [0.5, 0.6) is 0 Å². The van der Waals surface area contributed by atoms with Crippen LogP contribution in [0.2, 0.25) is 0 Å². The van der Waals surface area contributed by atoms with Crippen LogP contribution in [0, 0.1) is 0 Å². The third-order valence-corrected chi connectivity index (χ3v) is 0. The summed E-state index contributed by atoms with van der Waals surface area (Å²) in [6.45, 7) is 0. The Kier molecular flexibility index (Phi) is 664. The molecule has 0 rings (SSSR count). The van der Waals surface area contributed by atoms with Crippen LogP contribution in [0.4, 0.5) is 0 Å². The monoisotopic (exact) mass is 122 g/mol. The van der Waals surface area contributed by atoms with Crippen LogP contribution >= 0.6 is 0 Å². The summed E-state index contributed by atoms with van der Waals surface area (Å²) in [6.07, 6.45) is 0. The Labute approximate surface area is 66.8 Å². The minimum absolute atomic E-state index is 0.